The van der Waals surface area contributed by atoms with Crippen molar-refractivity contribution in [2.24, 2.45) is 0 Å². The fourth-order valence-corrected chi connectivity index (χ4v) is 3.00. The van der Waals surface area contributed by atoms with Gasteiger partial charge in [-0.1, -0.05) is 29.8 Å². The number of amides is 1. The number of nitro groups is 1. The molecule has 28 heavy (non-hydrogen) atoms. The van der Waals surface area contributed by atoms with Crippen molar-refractivity contribution in [3.05, 3.63) is 81.1 Å². The maximum atomic E-state index is 12.3. The molecule has 1 N–H and O–H groups in total. The summed E-state index contributed by atoms with van der Waals surface area (Å²) in [4.78, 5) is 22.6. The fourth-order valence-electron chi connectivity index (χ4n) is 2.73. The van der Waals surface area contributed by atoms with Crippen LogP contribution in [0.4, 0.5) is 5.69 Å². The van der Waals surface area contributed by atoms with Crippen LogP contribution in [-0.2, 0) is 6.42 Å². The lowest BCUT2D eigenvalue weighted by molar-refractivity contribution is -0.384. The van der Waals surface area contributed by atoms with E-state index >= 15 is 0 Å². The van der Waals surface area contributed by atoms with Crippen LogP contribution in [0.5, 0.6) is 5.75 Å². The van der Waals surface area contributed by atoms with Crippen LogP contribution < -0.4 is 10.1 Å². The maximum Gasteiger partial charge on any atom is 0.287 e. The van der Waals surface area contributed by atoms with Gasteiger partial charge in [-0.05, 0) is 36.2 Å². The normalized spacial score (nSPS) is 10.5. The first-order valence-electron chi connectivity index (χ1n) is 8.44. The molecule has 8 heteroatoms. The minimum Gasteiger partial charge on any atom is -0.496 e. The standard InChI is InChI=1S/C20H17ClN2O5/c1-27-17-5-3-2-4-13(17)10-11-22-20(24)19-9-8-18(28-19)15-7-6-14(23(25)26)12-16(15)21/h2-9,12H,10-11H2,1H3,(H,22,24). The van der Waals surface area contributed by atoms with E-state index in [2.05, 4.69) is 5.32 Å². The van der Waals surface area contributed by atoms with E-state index in [0.29, 0.717) is 24.3 Å². The van der Waals surface area contributed by atoms with Crippen molar-refractivity contribution in [2.75, 3.05) is 13.7 Å². The molecular weight excluding hydrogens is 384 g/mol. The van der Waals surface area contributed by atoms with E-state index < -0.39 is 4.92 Å². The summed E-state index contributed by atoms with van der Waals surface area (Å²) in [6, 6.07) is 14.8. The predicted octanol–water partition coefficient (Wildman–Crippen LogP) is 4.49. The van der Waals surface area contributed by atoms with Crippen LogP contribution in [0.25, 0.3) is 11.3 Å². The Labute approximate surface area is 166 Å². The summed E-state index contributed by atoms with van der Waals surface area (Å²) in [6.45, 7) is 0.410. The lowest BCUT2D eigenvalue weighted by Crippen LogP contribution is -2.25. The minimum absolute atomic E-state index is 0.116. The zero-order valence-electron chi connectivity index (χ0n) is 15.0. The quantitative estimate of drug-likeness (QED) is 0.465. The van der Waals surface area contributed by atoms with E-state index in [1.807, 2.05) is 24.3 Å². The van der Waals surface area contributed by atoms with Crippen molar-refractivity contribution in [3.8, 4) is 17.1 Å². The van der Waals surface area contributed by atoms with Crippen molar-refractivity contribution < 1.29 is 18.9 Å². The molecular formula is C20H17ClN2O5. The molecule has 1 amide bonds. The van der Waals surface area contributed by atoms with Gasteiger partial charge < -0.3 is 14.5 Å². The highest BCUT2D eigenvalue weighted by Gasteiger charge is 2.16. The molecule has 7 nitrogen and oxygen atoms in total. The van der Waals surface area contributed by atoms with Gasteiger partial charge in [0, 0.05) is 24.2 Å². The number of nitrogens with zero attached hydrogens (tertiary/aromatic N) is 1. The van der Waals surface area contributed by atoms with E-state index in [1.54, 1.807) is 13.2 Å². The largest absolute Gasteiger partial charge is 0.496 e. The number of carbonyl (C=O) groups excluding carboxylic acids is 1. The van der Waals surface area contributed by atoms with Gasteiger partial charge in [0.25, 0.3) is 11.6 Å². The Morgan fingerprint density at radius 2 is 2.00 bits per heavy atom. The summed E-state index contributed by atoms with van der Waals surface area (Å²) < 4.78 is 10.9. The van der Waals surface area contributed by atoms with Gasteiger partial charge in [0.1, 0.15) is 11.5 Å². The molecule has 0 spiro atoms. The number of halogens is 1. The SMILES string of the molecule is COc1ccccc1CCNC(=O)c1ccc(-c2ccc([N+](=O)[O-])cc2Cl)o1. The summed E-state index contributed by atoms with van der Waals surface area (Å²) in [7, 11) is 1.60. The van der Waals surface area contributed by atoms with Gasteiger partial charge in [-0.3, -0.25) is 14.9 Å². The van der Waals surface area contributed by atoms with Crippen LogP contribution in [0.1, 0.15) is 16.1 Å². The Morgan fingerprint density at radius 1 is 1.21 bits per heavy atom. The summed E-state index contributed by atoms with van der Waals surface area (Å²) in [5.41, 5.74) is 1.35. The van der Waals surface area contributed by atoms with Gasteiger partial charge in [-0.25, -0.2) is 0 Å². The maximum absolute atomic E-state index is 12.3. The summed E-state index contributed by atoms with van der Waals surface area (Å²) in [5, 5.41) is 13.8. The molecule has 0 aliphatic carbocycles. The number of non-ortho nitro benzene ring substituents is 1. The number of hydrogen-bond donors (Lipinski definition) is 1. The monoisotopic (exact) mass is 400 g/mol. The molecule has 0 radical (unpaired) electrons. The van der Waals surface area contributed by atoms with Crippen LogP contribution in [0.2, 0.25) is 5.02 Å². The molecule has 0 atom stereocenters. The van der Waals surface area contributed by atoms with Crippen LogP contribution >= 0.6 is 11.6 Å². The Kier molecular flexibility index (Phi) is 5.96. The summed E-state index contributed by atoms with van der Waals surface area (Å²) in [6.07, 6.45) is 0.609. The molecule has 3 aromatic rings. The van der Waals surface area contributed by atoms with Crippen molar-refractivity contribution in [3.63, 3.8) is 0 Å². The first-order chi connectivity index (χ1) is 13.5. The Hall–Kier alpha value is -3.32. The Bertz CT molecular complexity index is 1020. The molecule has 0 aliphatic heterocycles. The second kappa shape index (κ2) is 8.58. The first kappa shape index (κ1) is 19.4. The third kappa shape index (κ3) is 4.32. The molecule has 0 saturated heterocycles. The number of hydrogen-bond acceptors (Lipinski definition) is 5. The topological polar surface area (TPSA) is 94.6 Å². The van der Waals surface area contributed by atoms with E-state index in [9.17, 15) is 14.9 Å². The highest BCUT2D eigenvalue weighted by Crippen LogP contribution is 2.32. The van der Waals surface area contributed by atoms with Crippen LogP contribution in [-0.4, -0.2) is 24.5 Å². The van der Waals surface area contributed by atoms with Crippen LogP contribution in [0.15, 0.2) is 59.0 Å². The van der Waals surface area contributed by atoms with Crippen LogP contribution in [0, 0.1) is 10.1 Å². The molecule has 3 rings (SSSR count). The number of carbonyl (C=O) groups is 1. The van der Waals surface area contributed by atoms with Crippen molar-refractivity contribution in [1.82, 2.24) is 5.32 Å². The fraction of sp³-hybridized carbons (Fsp3) is 0.150. The second-order valence-corrected chi connectivity index (χ2v) is 6.31. The second-order valence-electron chi connectivity index (χ2n) is 5.90. The third-order valence-electron chi connectivity index (χ3n) is 4.13. The smallest absolute Gasteiger partial charge is 0.287 e. The summed E-state index contributed by atoms with van der Waals surface area (Å²) >= 11 is 6.10. The van der Waals surface area contributed by atoms with Gasteiger partial charge in [0.05, 0.1) is 17.1 Å². The van der Waals surface area contributed by atoms with Crippen molar-refractivity contribution in [1.29, 1.82) is 0 Å². The lowest BCUT2D eigenvalue weighted by Gasteiger charge is -2.08. The number of methoxy groups -OCH3 is 1. The Balaban J connectivity index is 1.65. The average Bonchev–Trinajstić information content (AvgIpc) is 3.18. The molecule has 2 aromatic carbocycles. The highest BCUT2D eigenvalue weighted by atomic mass is 35.5. The van der Waals surface area contributed by atoms with E-state index in [0.717, 1.165) is 11.3 Å². The van der Waals surface area contributed by atoms with Crippen molar-refractivity contribution in [2.45, 2.75) is 6.42 Å². The zero-order valence-corrected chi connectivity index (χ0v) is 15.7. The number of benzene rings is 2. The molecule has 0 fully saturated rings. The molecule has 1 aromatic heterocycles. The molecule has 144 valence electrons. The molecule has 0 bridgehead atoms. The summed E-state index contributed by atoms with van der Waals surface area (Å²) in [5.74, 6) is 0.892. The molecule has 0 unspecified atom stereocenters. The van der Waals surface area contributed by atoms with E-state index in [1.165, 1.54) is 24.3 Å². The number of nitrogens with one attached hydrogen (secondary N) is 1. The van der Waals surface area contributed by atoms with Gasteiger partial charge >= 0.3 is 0 Å². The minimum atomic E-state index is -0.529. The van der Waals surface area contributed by atoms with Gasteiger partial charge in [0.2, 0.25) is 0 Å². The van der Waals surface area contributed by atoms with Crippen molar-refractivity contribution >= 4 is 23.2 Å². The number of para-hydroxylation sites is 1. The van der Waals surface area contributed by atoms with Crippen LogP contribution in [0.3, 0.4) is 0 Å². The zero-order chi connectivity index (χ0) is 20.1. The first-order valence-corrected chi connectivity index (χ1v) is 8.81. The van der Waals surface area contributed by atoms with E-state index in [-0.39, 0.29) is 22.4 Å². The van der Waals surface area contributed by atoms with Gasteiger partial charge in [-0.2, -0.15) is 0 Å². The number of rotatable bonds is 7. The lowest BCUT2D eigenvalue weighted by atomic mass is 10.1. The van der Waals surface area contributed by atoms with E-state index in [4.69, 9.17) is 20.8 Å². The van der Waals surface area contributed by atoms with Gasteiger partial charge in [-0.15, -0.1) is 0 Å². The Morgan fingerprint density at radius 3 is 2.71 bits per heavy atom. The predicted molar refractivity (Wildman–Crippen MR) is 105 cm³/mol. The van der Waals surface area contributed by atoms with Gasteiger partial charge in [0.15, 0.2) is 5.76 Å². The molecule has 0 saturated carbocycles. The molecule has 1 heterocycles. The molecule has 0 aliphatic rings. The number of nitro benzene ring substituents is 1. The third-order valence-corrected chi connectivity index (χ3v) is 4.44. The average molecular weight is 401 g/mol. The highest BCUT2D eigenvalue weighted by molar-refractivity contribution is 6.33. The number of furan rings is 1. The number of ether oxygens (including phenoxy) is 1.